The van der Waals surface area contributed by atoms with E-state index in [2.05, 4.69) is 0 Å². The fourth-order valence-corrected chi connectivity index (χ4v) is 7.16. The van der Waals surface area contributed by atoms with E-state index in [4.69, 9.17) is 23.4 Å². The number of carbonyl (C=O) groups excluding carboxylic acids is 3. The molecular formula is C31H36O9. The lowest BCUT2D eigenvalue weighted by Crippen LogP contribution is -2.77. The molecule has 9 heteroatoms. The molecule has 9 nitrogen and oxygen atoms in total. The van der Waals surface area contributed by atoms with Crippen LogP contribution in [0.1, 0.15) is 70.0 Å². The Morgan fingerprint density at radius 3 is 2.35 bits per heavy atom. The maximum atomic E-state index is 13.2. The molecule has 1 aromatic heterocycles. The highest BCUT2D eigenvalue weighted by atomic mass is 16.6. The van der Waals surface area contributed by atoms with Crippen molar-refractivity contribution in [2.45, 2.75) is 89.0 Å². The predicted octanol–water partition coefficient (Wildman–Crippen LogP) is 4.48. The maximum Gasteiger partial charge on any atom is 0.374 e. The van der Waals surface area contributed by atoms with Gasteiger partial charge in [0.15, 0.2) is 6.10 Å². The molecule has 0 radical (unpaired) electrons. The van der Waals surface area contributed by atoms with E-state index in [1.54, 1.807) is 26.0 Å². The van der Waals surface area contributed by atoms with Crippen molar-refractivity contribution in [1.29, 1.82) is 0 Å². The summed E-state index contributed by atoms with van der Waals surface area (Å²) in [5.74, 6) is -2.04. The minimum atomic E-state index is -1.52. The summed E-state index contributed by atoms with van der Waals surface area (Å²) in [6.07, 6.45) is 2.15. The molecule has 1 spiro atoms. The number of aliphatic hydroxyl groups is 1. The number of esters is 3. The molecule has 214 valence electrons. The Hall–Kier alpha value is -3.43. The summed E-state index contributed by atoms with van der Waals surface area (Å²) in [5, 5.41) is 12.0. The van der Waals surface area contributed by atoms with Crippen LogP contribution in [-0.2, 0) is 28.5 Å². The molecule has 1 N–H and O–H groups in total. The summed E-state index contributed by atoms with van der Waals surface area (Å²) in [4.78, 5) is 38.6. The molecule has 1 aliphatic heterocycles. The number of ether oxygens (including phenoxy) is 4. The quantitative estimate of drug-likeness (QED) is 0.314. The van der Waals surface area contributed by atoms with Gasteiger partial charge in [-0.05, 0) is 70.2 Å². The van der Waals surface area contributed by atoms with E-state index in [1.165, 1.54) is 25.3 Å². The maximum absolute atomic E-state index is 13.2. The first-order valence-corrected chi connectivity index (χ1v) is 13.6. The standard InChI is InChI=1S/C31H36O9/c1-19(32)37-23-18-29(4,35)31-17-21(28(2,3)40-31)16-24(38-25(33)14-13-20-10-7-6-8-11-20)30(31,5)26(23)39-27(34)22-12-9-15-36-22/h6-15,21,23-24,26,35H,16-18H2,1-5H3/b14-13+/t21-,23-,24+,26+,29+,30-,31+/m1/s1. The molecule has 3 fully saturated rings. The van der Waals surface area contributed by atoms with Gasteiger partial charge in [-0.2, -0.15) is 0 Å². The Balaban J connectivity index is 1.58. The smallest absolute Gasteiger partial charge is 0.374 e. The first-order chi connectivity index (χ1) is 18.8. The molecule has 0 amide bonds. The average Bonchev–Trinajstić information content (AvgIpc) is 3.50. The SMILES string of the molecule is CC(=O)O[C@@H]1C[C@](C)(O)[C@@]23C[C@@H](C[C@H](OC(=O)/C=C/c4ccccc4)[C@]2(C)[C@H]1OC(=O)c1ccco1)C(C)(C)O3. The molecule has 0 unspecified atom stereocenters. The fraction of sp³-hybridized carbons (Fsp3) is 0.516. The lowest BCUT2D eigenvalue weighted by atomic mass is 9.48. The van der Waals surface area contributed by atoms with Crippen LogP contribution in [0.5, 0.6) is 0 Å². The van der Waals surface area contributed by atoms with Crippen LogP contribution < -0.4 is 0 Å². The highest BCUT2D eigenvalue weighted by Gasteiger charge is 2.79. The number of carbonyl (C=O) groups is 3. The van der Waals surface area contributed by atoms with Crippen molar-refractivity contribution in [2.24, 2.45) is 11.3 Å². The van der Waals surface area contributed by atoms with Crippen molar-refractivity contribution in [1.82, 2.24) is 0 Å². The van der Waals surface area contributed by atoms with E-state index in [0.717, 1.165) is 5.56 Å². The summed E-state index contributed by atoms with van der Waals surface area (Å²) >= 11 is 0. The summed E-state index contributed by atoms with van der Waals surface area (Å²) in [6, 6.07) is 12.4. The van der Waals surface area contributed by atoms with Crippen molar-refractivity contribution in [3.63, 3.8) is 0 Å². The summed E-state index contributed by atoms with van der Waals surface area (Å²) in [6.45, 7) is 8.58. The third-order valence-corrected chi connectivity index (χ3v) is 9.13. The van der Waals surface area contributed by atoms with E-state index in [1.807, 2.05) is 44.2 Å². The van der Waals surface area contributed by atoms with Crippen LogP contribution in [-0.4, -0.2) is 58.1 Å². The van der Waals surface area contributed by atoms with Crippen LogP contribution in [0.25, 0.3) is 6.08 Å². The van der Waals surface area contributed by atoms with Crippen molar-refractivity contribution < 1.29 is 42.9 Å². The third-order valence-electron chi connectivity index (χ3n) is 9.13. The number of fused-ring (bicyclic) bond motifs is 1. The van der Waals surface area contributed by atoms with Crippen LogP contribution in [0.2, 0.25) is 0 Å². The Bertz CT molecular complexity index is 1300. The number of hydrogen-bond acceptors (Lipinski definition) is 9. The molecule has 40 heavy (non-hydrogen) atoms. The van der Waals surface area contributed by atoms with Gasteiger partial charge in [-0.25, -0.2) is 9.59 Å². The van der Waals surface area contributed by atoms with Gasteiger partial charge in [0.25, 0.3) is 0 Å². The minimum absolute atomic E-state index is 0.0303. The Labute approximate surface area is 233 Å². The lowest BCUT2D eigenvalue weighted by Gasteiger charge is -2.63. The van der Waals surface area contributed by atoms with Crippen molar-refractivity contribution >= 4 is 24.0 Å². The summed E-state index contributed by atoms with van der Waals surface area (Å²) < 4.78 is 29.9. The monoisotopic (exact) mass is 552 g/mol. The Morgan fingerprint density at radius 1 is 0.975 bits per heavy atom. The van der Waals surface area contributed by atoms with Gasteiger partial charge in [0.1, 0.15) is 17.8 Å². The molecule has 1 aromatic carbocycles. The van der Waals surface area contributed by atoms with Crippen LogP contribution in [0.3, 0.4) is 0 Å². The lowest BCUT2D eigenvalue weighted by molar-refractivity contribution is -0.323. The second-order valence-corrected chi connectivity index (χ2v) is 12.1. The fourth-order valence-electron chi connectivity index (χ4n) is 7.16. The molecule has 7 atom stereocenters. The molecule has 3 aliphatic rings. The number of rotatable bonds is 6. The zero-order chi connectivity index (χ0) is 28.9. The normalized spacial score (nSPS) is 36.0. The molecule has 2 bridgehead atoms. The Morgan fingerprint density at radius 2 is 1.70 bits per heavy atom. The van der Waals surface area contributed by atoms with E-state index < -0.39 is 58.4 Å². The number of benzene rings is 1. The molecule has 2 aliphatic carbocycles. The minimum Gasteiger partial charge on any atom is -0.458 e. The van der Waals surface area contributed by atoms with E-state index in [9.17, 15) is 19.5 Å². The van der Waals surface area contributed by atoms with Crippen molar-refractivity contribution in [3.8, 4) is 0 Å². The molecular weight excluding hydrogens is 516 g/mol. The first kappa shape index (κ1) is 28.1. The topological polar surface area (TPSA) is 122 Å². The van der Waals surface area contributed by atoms with Gasteiger partial charge in [-0.1, -0.05) is 30.3 Å². The summed E-state index contributed by atoms with van der Waals surface area (Å²) in [7, 11) is 0. The Kier molecular flexibility index (Phi) is 6.95. The van der Waals surface area contributed by atoms with Crippen molar-refractivity contribution in [2.75, 3.05) is 0 Å². The molecule has 5 rings (SSSR count). The average molecular weight is 553 g/mol. The summed E-state index contributed by atoms with van der Waals surface area (Å²) in [5.41, 5.74) is -3.96. The first-order valence-electron chi connectivity index (χ1n) is 13.6. The number of hydrogen-bond donors (Lipinski definition) is 1. The second-order valence-electron chi connectivity index (χ2n) is 12.1. The largest absolute Gasteiger partial charge is 0.458 e. The van der Waals surface area contributed by atoms with Gasteiger partial charge < -0.3 is 28.5 Å². The van der Waals surface area contributed by atoms with Gasteiger partial charge in [0.05, 0.1) is 22.9 Å². The molecule has 2 saturated carbocycles. The number of furan rings is 1. The van der Waals surface area contributed by atoms with E-state index in [-0.39, 0.29) is 18.1 Å². The van der Waals surface area contributed by atoms with Gasteiger partial charge in [-0.15, -0.1) is 0 Å². The van der Waals surface area contributed by atoms with Gasteiger partial charge in [-0.3, -0.25) is 4.79 Å². The van der Waals surface area contributed by atoms with E-state index >= 15 is 0 Å². The third kappa shape index (κ3) is 4.55. The van der Waals surface area contributed by atoms with Gasteiger partial charge in [0.2, 0.25) is 5.76 Å². The van der Waals surface area contributed by atoms with Crippen molar-refractivity contribution in [3.05, 3.63) is 66.1 Å². The molecule has 2 heterocycles. The molecule has 1 saturated heterocycles. The highest BCUT2D eigenvalue weighted by molar-refractivity contribution is 5.87. The van der Waals surface area contributed by atoms with Gasteiger partial charge >= 0.3 is 17.9 Å². The molecule has 2 aromatic rings. The van der Waals surface area contributed by atoms with Crippen LogP contribution in [0.15, 0.2) is 59.2 Å². The van der Waals surface area contributed by atoms with Gasteiger partial charge in [0, 0.05) is 19.4 Å². The van der Waals surface area contributed by atoms with Crippen LogP contribution in [0, 0.1) is 11.3 Å². The highest BCUT2D eigenvalue weighted by Crippen LogP contribution is 2.68. The zero-order valence-corrected chi connectivity index (χ0v) is 23.4. The predicted molar refractivity (Wildman–Crippen MR) is 143 cm³/mol. The second kappa shape index (κ2) is 9.89. The van der Waals surface area contributed by atoms with Crippen LogP contribution in [0.4, 0.5) is 0 Å². The zero-order valence-electron chi connectivity index (χ0n) is 23.4. The van der Waals surface area contributed by atoms with Crippen LogP contribution >= 0.6 is 0 Å². The van der Waals surface area contributed by atoms with E-state index in [0.29, 0.717) is 12.8 Å².